The molecule has 3 fully saturated rings. The van der Waals surface area contributed by atoms with Crippen molar-refractivity contribution in [1.29, 1.82) is 0 Å². The Morgan fingerprint density at radius 3 is 2.25 bits per heavy atom. The monoisotopic (exact) mass is 978 g/mol. The molecule has 0 aromatic heterocycles. The Bertz CT molecular complexity index is 2150. The zero-order valence-electron chi connectivity index (χ0n) is 40.8. The van der Waals surface area contributed by atoms with E-state index in [0.29, 0.717) is 36.8 Å². The first-order valence-electron chi connectivity index (χ1n) is 23.9. The number of para-hydroxylation sites is 1. The molecule has 3 aliphatic heterocycles. The maximum Gasteiger partial charge on any atom is 0.329 e. The molecule has 0 spiro atoms. The zero-order chi connectivity index (χ0) is 50.2. The Labute approximate surface area is 399 Å². The van der Waals surface area contributed by atoms with Crippen molar-refractivity contribution in [3.63, 3.8) is 0 Å². The van der Waals surface area contributed by atoms with Crippen LogP contribution in [-0.4, -0.2) is 129 Å². The van der Waals surface area contributed by atoms with Gasteiger partial charge in [0.05, 0.1) is 23.2 Å². The van der Waals surface area contributed by atoms with Gasteiger partial charge in [0.2, 0.25) is 5.79 Å². The number of Topliss-reactive ketones (excluding diaryl/α,β-unsaturated/α-hetero) is 2. The van der Waals surface area contributed by atoms with E-state index in [2.05, 4.69) is 0 Å². The minimum absolute atomic E-state index is 0.0282. The van der Waals surface area contributed by atoms with Crippen LogP contribution in [0.4, 0.5) is 10.1 Å². The van der Waals surface area contributed by atoms with Crippen molar-refractivity contribution in [2.75, 3.05) is 27.9 Å². The number of nitro groups is 1. The van der Waals surface area contributed by atoms with Crippen LogP contribution in [0.3, 0.4) is 0 Å². The number of aliphatic hydroxyl groups is 1. The van der Waals surface area contributed by atoms with Crippen LogP contribution in [0.1, 0.15) is 112 Å². The standard InChI is InChI=1S/C49H71FN2O15S/c1-10-34-24-29(3)43(50)30(4)25-40(63-8)45-41(64-9)26-32(6)49(57,66-45)46(54)47(55)51-22-14-13-16-36(51)48(56)65-44(28(2)18-20-37(34)53)31(5)23-33-19-21-38(39(27-33)62-7)67-68(60,61)42-17-12-11-15-35(42)52(58)59/h11-12,15,17,23-24,28,30,32-34,36,38-41,43-45,57H,10,13-14,16,18-22,25-27H2,1-9H3/b29-24+,31-23?. The van der Waals surface area contributed by atoms with Crippen molar-refractivity contribution < 1.29 is 69.9 Å². The first-order valence-corrected chi connectivity index (χ1v) is 25.3. The van der Waals surface area contributed by atoms with Crippen LogP contribution in [-0.2, 0) is 57.2 Å². The summed E-state index contributed by atoms with van der Waals surface area (Å²) in [6, 6.07) is 3.73. The number of allylic oxidation sites excluding steroid dienone is 3. The van der Waals surface area contributed by atoms with E-state index >= 15 is 4.39 Å². The minimum Gasteiger partial charge on any atom is -0.456 e. The second-order valence-electron chi connectivity index (χ2n) is 19.3. The molecule has 68 heavy (non-hydrogen) atoms. The maximum atomic E-state index is 16.3. The quantitative estimate of drug-likeness (QED) is 0.0638. The Hall–Kier alpha value is -3.98. The average Bonchev–Trinajstić information content (AvgIpc) is 3.32. The molecule has 1 saturated carbocycles. The van der Waals surface area contributed by atoms with Crippen molar-refractivity contribution >= 4 is 39.2 Å². The summed E-state index contributed by atoms with van der Waals surface area (Å²) in [5.41, 5.74) is 0.369. The highest BCUT2D eigenvalue weighted by Crippen LogP contribution is 2.40. The summed E-state index contributed by atoms with van der Waals surface area (Å²) in [6.45, 7) is 10.4. The lowest BCUT2D eigenvalue weighted by atomic mass is 9.81. The first kappa shape index (κ1) is 55.0. The van der Waals surface area contributed by atoms with Crippen LogP contribution in [0.25, 0.3) is 0 Å². The molecule has 17 nitrogen and oxygen atoms in total. The molecule has 4 aliphatic rings. The number of halogens is 1. The van der Waals surface area contributed by atoms with Crippen LogP contribution in [0, 0.1) is 39.7 Å². The van der Waals surface area contributed by atoms with E-state index in [1.54, 1.807) is 33.8 Å². The molecule has 19 heteroatoms. The molecule has 14 unspecified atom stereocenters. The highest BCUT2D eigenvalue weighted by molar-refractivity contribution is 7.87. The highest BCUT2D eigenvalue weighted by atomic mass is 32.2. The van der Waals surface area contributed by atoms with E-state index in [0.717, 1.165) is 17.0 Å². The van der Waals surface area contributed by atoms with Gasteiger partial charge in [0.1, 0.15) is 36.3 Å². The number of rotatable bonds is 10. The number of fused-ring (bicyclic) bond motifs is 3. The Balaban J connectivity index is 1.47. The van der Waals surface area contributed by atoms with E-state index < -0.39 is 122 Å². The summed E-state index contributed by atoms with van der Waals surface area (Å²) < 4.78 is 78.4. The maximum absolute atomic E-state index is 16.3. The normalized spacial score (nSPS) is 36.5. The fourth-order valence-corrected chi connectivity index (χ4v) is 11.7. The van der Waals surface area contributed by atoms with Gasteiger partial charge in [-0.3, -0.25) is 28.7 Å². The van der Waals surface area contributed by atoms with Crippen LogP contribution < -0.4 is 0 Å². The summed E-state index contributed by atoms with van der Waals surface area (Å²) >= 11 is 0. The fourth-order valence-electron chi connectivity index (χ4n) is 10.4. The number of hydrogen-bond acceptors (Lipinski definition) is 15. The number of methoxy groups -OCH3 is 3. The van der Waals surface area contributed by atoms with Crippen LogP contribution in [0.5, 0.6) is 0 Å². The number of cyclic esters (lactones) is 1. The molecule has 1 aliphatic carbocycles. The number of ether oxygens (including phenoxy) is 5. The van der Waals surface area contributed by atoms with E-state index in [1.807, 2.05) is 19.9 Å². The third-order valence-corrected chi connectivity index (χ3v) is 15.9. The van der Waals surface area contributed by atoms with E-state index in [-0.39, 0.29) is 63.2 Å². The third kappa shape index (κ3) is 12.5. The molecule has 14 atom stereocenters. The van der Waals surface area contributed by atoms with E-state index in [4.69, 9.17) is 27.9 Å². The van der Waals surface area contributed by atoms with Gasteiger partial charge in [0.15, 0.2) is 4.90 Å². The molecule has 380 valence electrons. The summed E-state index contributed by atoms with van der Waals surface area (Å²) in [4.78, 5) is 68.4. The van der Waals surface area contributed by atoms with Gasteiger partial charge >= 0.3 is 16.1 Å². The van der Waals surface area contributed by atoms with E-state index in [9.17, 15) is 42.8 Å². The number of piperidine rings is 1. The molecule has 5 rings (SSSR count). The number of carbonyl (C=O) groups excluding carboxylic acids is 4. The third-order valence-electron chi connectivity index (χ3n) is 14.5. The molecule has 1 N–H and O–H groups in total. The minimum atomic E-state index is -4.56. The Kier molecular flexibility index (Phi) is 19.2. The van der Waals surface area contributed by atoms with Crippen LogP contribution in [0.2, 0.25) is 0 Å². The summed E-state index contributed by atoms with van der Waals surface area (Å²) in [5.74, 6) is -8.77. The Morgan fingerprint density at radius 2 is 1.60 bits per heavy atom. The van der Waals surface area contributed by atoms with E-state index in [1.165, 1.54) is 33.5 Å². The summed E-state index contributed by atoms with van der Waals surface area (Å²) in [7, 11) is -0.291. The van der Waals surface area contributed by atoms with Crippen molar-refractivity contribution in [3.05, 3.63) is 57.7 Å². The number of benzene rings is 1. The molecule has 3 heterocycles. The van der Waals surface area contributed by atoms with Crippen molar-refractivity contribution in [2.24, 2.45) is 29.6 Å². The number of hydrogen-bond donors (Lipinski definition) is 1. The highest BCUT2D eigenvalue weighted by Gasteiger charge is 2.57. The molecule has 1 aromatic rings. The number of amides is 1. The molecule has 1 aromatic carbocycles. The smallest absolute Gasteiger partial charge is 0.329 e. The first-order chi connectivity index (χ1) is 32.1. The number of carbonyl (C=O) groups is 4. The average molecular weight is 979 g/mol. The lowest BCUT2D eigenvalue weighted by molar-refractivity contribution is -0.387. The van der Waals surface area contributed by atoms with Crippen molar-refractivity contribution in [2.45, 2.75) is 172 Å². The molecule has 1 amide bonds. The van der Waals surface area contributed by atoms with Gasteiger partial charge in [-0.05, 0) is 113 Å². The van der Waals surface area contributed by atoms with Crippen LogP contribution >= 0.6 is 0 Å². The lowest BCUT2D eigenvalue weighted by Gasteiger charge is -2.47. The molecule has 2 saturated heterocycles. The zero-order valence-corrected chi connectivity index (χ0v) is 41.6. The molecular formula is C49H71FN2O15S. The van der Waals surface area contributed by atoms with Gasteiger partial charge in [-0.15, -0.1) is 0 Å². The second kappa shape index (κ2) is 23.8. The largest absolute Gasteiger partial charge is 0.456 e. The molecular weight excluding hydrogens is 908 g/mol. The fraction of sp³-hybridized carbons (Fsp3) is 0.714. The van der Waals surface area contributed by atoms with Crippen molar-refractivity contribution in [3.8, 4) is 0 Å². The van der Waals surface area contributed by atoms with Gasteiger partial charge in [0.25, 0.3) is 17.4 Å². The van der Waals surface area contributed by atoms with Gasteiger partial charge in [-0.25, -0.2) is 9.18 Å². The number of esters is 1. The van der Waals surface area contributed by atoms with Gasteiger partial charge in [-0.1, -0.05) is 52.0 Å². The summed E-state index contributed by atoms with van der Waals surface area (Å²) in [6.07, 6.45) is -0.151. The predicted molar refractivity (Wildman–Crippen MR) is 246 cm³/mol. The predicted octanol–water partition coefficient (Wildman–Crippen LogP) is 6.77. The summed E-state index contributed by atoms with van der Waals surface area (Å²) in [5, 5.41) is 23.7. The van der Waals surface area contributed by atoms with Gasteiger partial charge in [0, 0.05) is 52.2 Å². The number of ketones is 2. The lowest BCUT2D eigenvalue weighted by Crippen LogP contribution is -2.64. The topological polar surface area (TPSA) is 224 Å². The van der Waals surface area contributed by atoms with Gasteiger partial charge in [-0.2, -0.15) is 8.42 Å². The van der Waals surface area contributed by atoms with Crippen LogP contribution in [0.15, 0.2) is 52.5 Å². The number of nitro benzene ring substituents is 1. The number of alkyl halides is 1. The SMILES string of the molecule is CCC1/C=C(\C)C(F)C(C)CC(OC)C2OC(O)(C(=O)C(=O)N3CCCCC3C(=O)OC(C(C)=CC3CCC(OS(=O)(=O)c4ccccc4[N+](=O)[O-])C(OC)C3)C(C)CCC1=O)C(C)CC2OC. The Morgan fingerprint density at radius 1 is 0.941 bits per heavy atom. The number of nitrogens with zero attached hydrogens (tertiary/aromatic N) is 2. The second-order valence-corrected chi connectivity index (χ2v) is 20.8. The van der Waals surface area contributed by atoms with Crippen molar-refractivity contribution in [1.82, 2.24) is 4.90 Å². The molecule has 0 radical (unpaired) electrons. The molecule has 2 bridgehead atoms. The van der Waals surface area contributed by atoms with Gasteiger partial charge < -0.3 is 33.7 Å².